The highest BCUT2D eigenvalue weighted by molar-refractivity contribution is 9.10. The third-order valence-corrected chi connectivity index (χ3v) is 3.77. The number of rotatable bonds is 6. The van der Waals surface area contributed by atoms with Crippen LogP contribution in [0.3, 0.4) is 0 Å². The van der Waals surface area contributed by atoms with Gasteiger partial charge >= 0.3 is 0 Å². The average molecular weight is 355 g/mol. The van der Waals surface area contributed by atoms with Crippen LogP contribution < -0.4 is 5.32 Å². The first-order chi connectivity index (χ1) is 9.29. The molecule has 0 fully saturated rings. The van der Waals surface area contributed by atoms with E-state index in [1.54, 1.807) is 0 Å². The Labute approximate surface area is 136 Å². The fourth-order valence-electron chi connectivity index (χ4n) is 2.20. The lowest BCUT2D eigenvalue weighted by atomic mass is 10.0. The van der Waals surface area contributed by atoms with Gasteiger partial charge in [0.05, 0.1) is 0 Å². The molecule has 1 N–H and O–H groups in total. The van der Waals surface area contributed by atoms with E-state index >= 15 is 0 Å². The molecule has 2 aromatic rings. The molecule has 2 rings (SSSR count). The highest BCUT2D eigenvalue weighted by Crippen LogP contribution is 2.19. The van der Waals surface area contributed by atoms with Gasteiger partial charge in [-0.1, -0.05) is 71.7 Å². The van der Waals surface area contributed by atoms with Crippen molar-refractivity contribution in [2.45, 2.75) is 32.4 Å². The molecule has 0 saturated carbocycles. The fraction of sp³-hybridized carbons (Fsp3) is 0.294. The molecule has 0 amide bonds. The van der Waals surface area contributed by atoms with E-state index in [4.69, 9.17) is 0 Å². The zero-order chi connectivity index (χ0) is 13.5. The molecule has 108 valence electrons. The van der Waals surface area contributed by atoms with Crippen LogP contribution in [0, 0.1) is 0 Å². The molecule has 0 aliphatic heterocycles. The summed E-state index contributed by atoms with van der Waals surface area (Å²) in [5, 5.41) is 3.66. The summed E-state index contributed by atoms with van der Waals surface area (Å²) < 4.78 is 1.13. The SMILES string of the molecule is CCCC(NCc1ccc(Br)cc1)c1ccccc1.Cl. The van der Waals surface area contributed by atoms with Crippen LogP contribution in [0.2, 0.25) is 0 Å². The summed E-state index contributed by atoms with van der Waals surface area (Å²) in [6, 6.07) is 19.6. The highest BCUT2D eigenvalue weighted by Gasteiger charge is 2.09. The predicted octanol–water partition coefficient (Wildman–Crippen LogP) is 5.50. The largest absolute Gasteiger partial charge is 0.306 e. The quantitative estimate of drug-likeness (QED) is 0.722. The lowest BCUT2D eigenvalue weighted by Crippen LogP contribution is -2.20. The van der Waals surface area contributed by atoms with Crippen LogP contribution in [0.25, 0.3) is 0 Å². The Hall–Kier alpha value is -0.830. The minimum atomic E-state index is 0. The van der Waals surface area contributed by atoms with Crippen molar-refractivity contribution < 1.29 is 0 Å². The molecule has 0 aromatic heterocycles. The van der Waals surface area contributed by atoms with E-state index in [1.807, 2.05) is 0 Å². The van der Waals surface area contributed by atoms with E-state index in [2.05, 4.69) is 82.8 Å². The van der Waals surface area contributed by atoms with E-state index in [0.717, 1.165) is 11.0 Å². The van der Waals surface area contributed by atoms with Crippen molar-refractivity contribution in [1.82, 2.24) is 5.32 Å². The van der Waals surface area contributed by atoms with E-state index in [1.165, 1.54) is 24.0 Å². The molecule has 0 aliphatic rings. The highest BCUT2D eigenvalue weighted by atomic mass is 79.9. The topological polar surface area (TPSA) is 12.0 Å². The number of benzene rings is 2. The van der Waals surface area contributed by atoms with Crippen LogP contribution >= 0.6 is 28.3 Å². The summed E-state index contributed by atoms with van der Waals surface area (Å²) in [5.41, 5.74) is 2.70. The van der Waals surface area contributed by atoms with E-state index in [0.29, 0.717) is 6.04 Å². The molecular weight excluding hydrogens is 334 g/mol. The molecule has 0 saturated heterocycles. The number of halogens is 2. The van der Waals surface area contributed by atoms with Gasteiger partial charge in [0.25, 0.3) is 0 Å². The van der Waals surface area contributed by atoms with Gasteiger partial charge in [-0.3, -0.25) is 0 Å². The van der Waals surface area contributed by atoms with Crippen molar-refractivity contribution in [3.63, 3.8) is 0 Å². The number of nitrogens with one attached hydrogen (secondary N) is 1. The number of hydrogen-bond acceptors (Lipinski definition) is 1. The van der Waals surface area contributed by atoms with Crippen molar-refractivity contribution in [2.75, 3.05) is 0 Å². The van der Waals surface area contributed by atoms with Crippen LogP contribution in [-0.2, 0) is 6.54 Å². The van der Waals surface area contributed by atoms with E-state index < -0.39 is 0 Å². The first-order valence-corrected chi connectivity index (χ1v) is 7.61. The first-order valence-electron chi connectivity index (χ1n) is 6.82. The third-order valence-electron chi connectivity index (χ3n) is 3.25. The van der Waals surface area contributed by atoms with E-state index in [-0.39, 0.29) is 12.4 Å². The summed E-state index contributed by atoms with van der Waals surface area (Å²) in [4.78, 5) is 0. The molecule has 0 aliphatic carbocycles. The van der Waals surface area contributed by atoms with Gasteiger partial charge in [0.15, 0.2) is 0 Å². The molecule has 0 radical (unpaired) electrons. The molecule has 20 heavy (non-hydrogen) atoms. The Kier molecular flexibility index (Phi) is 7.90. The molecule has 1 atom stereocenters. The molecule has 1 unspecified atom stereocenters. The monoisotopic (exact) mass is 353 g/mol. The summed E-state index contributed by atoms with van der Waals surface area (Å²) in [5.74, 6) is 0. The van der Waals surface area contributed by atoms with Crippen molar-refractivity contribution in [3.05, 3.63) is 70.2 Å². The van der Waals surface area contributed by atoms with Gasteiger partial charge in [-0.15, -0.1) is 12.4 Å². The Morgan fingerprint density at radius 2 is 1.65 bits per heavy atom. The second kappa shape index (κ2) is 9.17. The average Bonchev–Trinajstić information content (AvgIpc) is 2.46. The number of hydrogen-bond donors (Lipinski definition) is 1. The smallest absolute Gasteiger partial charge is 0.0323 e. The molecule has 0 heterocycles. The lowest BCUT2D eigenvalue weighted by Gasteiger charge is -2.18. The van der Waals surface area contributed by atoms with Gasteiger partial charge in [0.1, 0.15) is 0 Å². The van der Waals surface area contributed by atoms with Crippen LogP contribution in [0.4, 0.5) is 0 Å². The van der Waals surface area contributed by atoms with Crippen molar-refractivity contribution in [2.24, 2.45) is 0 Å². The van der Waals surface area contributed by atoms with Gasteiger partial charge in [0.2, 0.25) is 0 Å². The standard InChI is InChI=1S/C17H20BrN.ClH/c1-2-6-17(15-7-4-3-5-8-15)19-13-14-9-11-16(18)12-10-14;/h3-5,7-12,17,19H,2,6,13H2,1H3;1H. The maximum absolute atomic E-state index is 3.66. The molecule has 3 heteroatoms. The van der Waals surface area contributed by atoms with Gasteiger partial charge < -0.3 is 5.32 Å². The molecular formula is C17H21BrClN. The Morgan fingerprint density at radius 3 is 2.25 bits per heavy atom. The van der Waals surface area contributed by atoms with Crippen molar-refractivity contribution in [3.8, 4) is 0 Å². The van der Waals surface area contributed by atoms with Crippen LogP contribution in [0.1, 0.15) is 36.9 Å². The summed E-state index contributed by atoms with van der Waals surface area (Å²) in [6.07, 6.45) is 2.35. The minimum Gasteiger partial charge on any atom is -0.306 e. The second-order valence-corrected chi connectivity index (χ2v) is 5.67. The van der Waals surface area contributed by atoms with Crippen LogP contribution in [-0.4, -0.2) is 0 Å². The molecule has 0 spiro atoms. The zero-order valence-corrected chi connectivity index (χ0v) is 14.1. The molecule has 1 nitrogen and oxygen atoms in total. The van der Waals surface area contributed by atoms with Gasteiger partial charge in [-0.25, -0.2) is 0 Å². The lowest BCUT2D eigenvalue weighted by molar-refractivity contribution is 0.493. The maximum atomic E-state index is 3.66. The molecule has 0 bridgehead atoms. The maximum Gasteiger partial charge on any atom is 0.0323 e. The van der Waals surface area contributed by atoms with Crippen molar-refractivity contribution >= 4 is 28.3 Å². The van der Waals surface area contributed by atoms with Gasteiger partial charge in [-0.05, 0) is 29.7 Å². The first kappa shape index (κ1) is 17.2. The summed E-state index contributed by atoms with van der Waals surface area (Å²) in [7, 11) is 0. The minimum absolute atomic E-state index is 0. The Bertz CT molecular complexity index is 484. The molecule has 2 aromatic carbocycles. The normalized spacial score (nSPS) is 11.7. The Morgan fingerprint density at radius 1 is 1.00 bits per heavy atom. The van der Waals surface area contributed by atoms with Crippen molar-refractivity contribution in [1.29, 1.82) is 0 Å². The van der Waals surface area contributed by atoms with Crippen LogP contribution in [0.15, 0.2) is 59.1 Å². The van der Waals surface area contributed by atoms with E-state index in [9.17, 15) is 0 Å². The van der Waals surface area contributed by atoms with Crippen LogP contribution in [0.5, 0.6) is 0 Å². The second-order valence-electron chi connectivity index (χ2n) is 4.76. The fourth-order valence-corrected chi connectivity index (χ4v) is 2.47. The Balaban J connectivity index is 0.00000200. The predicted molar refractivity (Wildman–Crippen MR) is 92.3 cm³/mol. The van der Waals surface area contributed by atoms with Gasteiger partial charge in [0, 0.05) is 17.1 Å². The summed E-state index contributed by atoms with van der Waals surface area (Å²) >= 11 is 3.47. The van der Waals surface area contributed by atoms with Gasteiger partial charge in [-0.2, -0.15) is 0 Å². The summed E-state index contributed by atoms with van der Waals surface area (Å²) in [6.45, 7) is 3.14. The zero-order valence-electron chi connectivity index (χ0n) is 11.7. The third kappa shape index (κ3) is 5.28.